The first-order valence-corrected chi connectivity index (χ1v) is 9.35. The average Bonchev–Trinajstić information content (AvgIpc) is 2.91. The second kappa shape index (κ2) is 6.96. The zero-order chi connectivity index (χ0) is 17.3. The number of hydrogen-bond donors (Lipinski definition) is 1. The van der Waals surface area contributed by atoms with Crippen molar-refractivity contribution in [2.45, 2.75) is 33.6 Å². The van der Waals surface area contributed by atoms with Crippen LogP contribution in [-0.2, 0) is 12.8 Å². The number of carbonyl (C=O) groups excluding carboxylic acids is 1. The van der Waals surface area contributed by atoms with Gasteiger partial charge in [0.1, 0.15) is 4.88 Å². The normalized spacial score (nSPS) is 11.0. The van der Waals surface area contributed by atoms with E-state index in [1.807, 2.05) is 25.1 Å². The van der Waals surface area contributed by atoms with E-state index in [1.54, 1.807) is 0 Å². The summed E-state index contributed by atoms with van der Waals surface area (Å²) in [6.45, 7) is 6.23. The Morgan fingerprint density at radius 3 is 2.42 bits per heavy atom. The molecule has 1 aromatic heterocycles. The number of hydrogen-bond acceptors (Lipinski definition) is 2. The summed E-state index contributed by atoms with van der Waals surface area (Å²) in [5, 5.41) is 4.58. The molecule has 1 heterocycles. The maximum absolute atomic E-state index is 12.8. The molecule has 2 aromatic carbocycles. The number of halogens is 1. The fraction of sp³-hybridized carbons (Fsp3) is 0.250. The van der Waals surface area contributed by atoms with Crippen molar-refractivity contribution < 1.29 is 4.79 Å². The van der Waals surface area contributed by atoms with Gasteiger partial charge in [-0.2, -0.15) is 0 Å². The fourth-order valence-electron chi connectivity index (χ4n) is 2.89. The Balaban J connectivity index is 2.01. The third kappa shape index (κ3) is 3.06. The van der Waals surface area contributed by atoms with E-state index in [1.165, 1.54) is 11.3 Å². The minimum atomic E-state index is -0.130. The van der Waals surface area contributed by atoms with Crippen molar-refractivity contribution in [1.29, 1.82) is 0 Å². The lowest BCUT2D eigenvalue weighted by molar-refractivity contribution is 0.103. The molecule has 0 aliphatic carbocycles. The molecule has 0 bridgehead atoms. The van der Waals surface area contributed by atoms with Gasteiger partial charge in [-0.1, -0.05) is 55.8 Å². The molecule has 3 aromatic rings. The molecular formula is C20H20ClNOS. The number of nitrogens with one attached hydrogen (secondary N) is 1. The lowest BCUT2D eigenvalue weighted by Crippen LogP contribution is -2.14. The van der Waals surface area contributed by atoms with Crippen LogP contribution in [0.2, 0.25) is 5.02 Å². The lowest BCUT2D eigenvalue weighted by Gasteiger charge is -2.14. The zero-order valence-electron chi connectivity index (χ0n) is 14.1. The van der Waals surface area contributed by atoms with Crippen molar-refractivity contribution >= 4 is 44.6 Å². The fourth-order valence-corrected chi connectivity index (χ4v) is 4.40. The van der Waals surface area contributed by atoms with Crippen LogP contribution in [0.3, 0.4) is 0 Å². The molecule has 1 amide bonds. The number of anilines is 1. The van der Waals surface area contributed by atoms with E-state index in [0.29, 0.717) is 9.90 Å². The Labute approximate surface area is 151 Å². The minimum absolute atomic E-state index is 0.130. The number of thiophene rings is 1. The highest BCUT2D eigenvalue weighted by Gasteiger charge is 2.19. The SMILES string of the molecule is CCc1cccc(CC)c1NC(=O)c1sc2cc(C)ccc2c1Cl. The van der Waals surface area contributed by atoms with Gasteiger partial charge in [0, 0.05) is 15.8 Å². The largest absolute Gasteiger partial charge is 0.321 e. The van der Waals surface area contributed by atoms with E-state index >= 15 is 0 Å². The number of aryl methyl sites for hydroxylation is 3. The Kier molecular flexibility index (Phi) is 4.93. The molecule has 2 nitrogen and oxygen atoms in total. The molecular weight excluding hydrogens is 338 g/mol. The molecule has 0 fully saturated rings. The van der Waals surface area contributed by atoms with Gasteiger partial charge in [0.2, 0.25) is 0 Å². The van der Waals surface area contributed by atoms with Gasteiger partial charge < -0.3 is 5.32 Å². The molecule has 0 unspecified atom stereocenters. The minimum Gasteiger partial charge on any atom is -0.321 e. The smallest absolute Gasteiger partial charge is 0.267 e. The monoisotopic (exact) mass is 357 g/mol. The molecule has 0 aliphatic heterocycles. The van der Waals surface area contributed by atoms with Crippen LogP contribution < -0.4 is 5.32 Å². The Bertz CT molecular complexity index is 891. The van der Waals surface area contributed by atoms with Gasteiger partial charge in [-0.15, -0.1) is 11.3 Å². The van der Waals surface area contributed by atoms with Crippen LogP contribution in [-0.4, -0.2) is 5.91 Å². The van der Waals surface area contributed by atoms with Gasteiger partial charge in [0.05, 0.1) is 5.02 Å². The second-order valence-corrected chi connectivity index (χ2v) is 7.29. The van der Waals surface area contributed by atoms with E-state index in [9.17, 15) is 4.79 Å². The number of rotatable bonds is 4. The molecule has 0 saturated carbocycles. The summed E-state index contributed by atoms with van der Waals surface area (Å²) < 4.78 is 1.05. The van der Waals surface area contributed by atoms with Gasteiger partial charge in [-0.3, -0.25) is 4.79 Å². The first kappa shape index (κ1) is 17.0. The van der Waals surface area contributed by atoms with Crippen LogP contribution in [0.5, 0.6) is 0 Å². The standard InChI is InChI=1S/C20H20ClNOS/c1-4-13-7-6-8-14(5-2)18(13)22-20(23)19-17(21)15-10-9-12(3)11-16(15)24-19/h6-11H,4-5H2,1-3H3,(H,22,23). The first-order chi connectivity index (χ1) is 11.5. The molecule has 0 radical (unpaired) electrons. The van der Waals surface area contributed by atoms with Crippen LogP contribution >= 0.6 is 22.9 Å². The van der Waals surface area contributed by atoms with Crippen molar-refractivity contribution in [2.24, 2.45) is 0 Å². The summed E-state index contributed by atoms with van der Waals surface area (Å²) in [5.74, 6) is -0.130. The van der Waals surface area contributed by atoms with E-state index < -0.39 is 0 Å². The highest BCUT2D eigenvalue weighted by Crippen LogP contribution is 2.36. The molecule has 24 heavy (non-hydrogen) atoms. The Morgan fingerprint density at radius 2 is 1.79 bits per heavy atom. The number of carbonyl (C=O) groups is 1. The van der Waals surface area contributed by atoms with Crippen LogP contribution in [0.1, 0.15) is 40.2 Å². The predicted molar refractivity (Wildman–Crippen MR) is 105 cm³/mol. The molecule has 3 rings (SSSR count). The van der Waals surface area contributed by atoms with Crippen LogP contribution in [0.25, 0.3) is 10.1 Å². The number of para-hydroxylation sites is 1. The highest BCUT2D eigenvalue weighted by molar-refractivity contribution is 7.21. The molecule has 124 valence electrons. The van der Waals surface area contributed by atoms with E-state index in [2.05, 4.69) is 37.4 Å². The summed E-state index contributed by atoms with van der Waals surface area (Å²) >= 11 is 7.92. The third-order valence-corrected chi connectivity index (χ3v) is 5.88. The summed E-state index contributed by atoms with van der Waals surface area (Å²) in [6, 6.07) is 12.2. The van der Waals surface area contributed by atoms with Crippen molar-refractivity contribution in [2.75, 3.05) is 5.32 Å². The number of amides is 1. The summed E-state index contributed by atoms with van der Waals surface area (Å²) in [7, 11) is 0. The summed E-state index contributed by atoms with van der Waals surface area (Å²) in [4.78, 5) is 13.4. The Hall–Kier alpha value is -1.84. The highest BCUT2D eigenvalue weighted by atomic mass is 35.5. The molecule has 0 aliphatic rings. The van der Waals surface area contributed by atoms with Gasteiger partial charge in [0.25, 0.3) is 5.91 Å². The molecule has 0 spiro atoms. The molecule has 4 heteroatoms. The van der Waals surface area contributed by atoms with Crippen LogP contribution in [0.15, 0.2) is 36.4 Å². The van der Waals surface area contributed by atoms with Crippen molar-refractivity contribution in [3.8, 4) is 0 Å². The van der Waals surface area contributed by atoms with Gasteiger partial charge >= 0.3 is 0 Å². The number of benzene rings is 2. The lowest BCUT2D eigenvalue weighted by atomic mass is 10.0. The molecule has 1 N–H and O–H groups in total. The van der Waals surface area contributed by atoms with E-state index in [0.717, 1.165) is 45.3 Å². The number of fused-ring (bicyclic) bond motifs is 1. The van der Waals surface area contributed by atoms with Crippen molar-refractivity contribution in [3.05, 3.63) is 63.0 Å². The maximum Gasteiger partial charge on any atom is 0.267 e. The van der Waals surface area contributed by atoms with Gasteiger partial charge in [-0.25, -0.2) is 0 Å². The molecule has 0 saturated heterocycles. The van der Waals surface area contributed by atoms with Crippen molar-refractivity contribution in [3.63, 3.8) is 0 Å². The Morgan fingerprint density at radius 1 is 1.12 bits per heavy atom. The summed E-state index contributed by atoms with van der Waals surface area (Å²) in [5.41, 5.74) is 4.39. The van der Waals surface area contributed by atoms with Crippen LogP contribution in [0, 0.1) is 6.92 Å². The first-order valence-electron chi connectivity index (χ1n) is 8.15. The van der Waals surface area contributed by atoms with Crippen molar-refractivity contribution in [1.82, 2.24) is 0 Å². The van der Waals surface area contributed by atoms with Crippen LogP contribution in [0.4, 0.5) is 5.69 Å². The second-order valence-electron chi connectivity index (χ2n) is 5.86. The topological polar surface area (TPSA) is 29.1 Å². The average molecular weight is 358 g/mol. The van der Waals surface area contributed by atoms with Gasteiger partial charge in [0.15, 0.2) is 0 Å². The van der Waals surface area contributed by atoms with Gasteiger partial charge in [-0.05, 0) is 42.5 Å². The zero-order valence-corrected chi connectivity index (χ0v) is 15.6. The quantitative estimate of drug-likeness (QED) is 0.588. The molecule has 0 atom stereocenters. The maximum atomic E-state index is 12.8. The third-order valence-electron chi connectivity index (χ3n) is 4.23. The predicted octanol–water partition coefficient (Wildman–Crippen LogP) is 6.24. The van der Waals surface area contributed by atoms with E-state index in [-0.39, 0.29) is 5.91 Å². The summed E-state index contributed by atoms with van der Waals surface area (Å²) in [6.07, 6.45) is 1.76. The van der Waals surface area contributed by atoms with E-state index in [4.69, 9.17) is 11.6 Å².